The molecule has 0 spiro atoms. The Morgan fingerprint density at radius 2 is 2.08 bits per heavy atom. The van der Waals surface area contributed by atoms with Crippen LogP contribution in [0.2, 0.25) is 5.02 Å². The van der Waals surface area contributed by atoms with Crippen molar-refractivity contribution in [2.75, 3.05) is 12.9 Å². The maximum absolute atomic E-state index is 11.9. The van der Waals surface area contributed by atoms with Crippen LogP contribution in [0.15, 0.2) is 52.1 Å². The molecule has 1 amide bonds. The van der Waals surface area contributed by atoms with Crippen molar-refractivity contribution in [2.45, 2.75) is 11.8 Å². The fraction of sp³-hybridized carbons (Fsp3) is 0.176. The van der Waals surface area contributed by atoms with Crippen molar-refractivity contribution < 1.29 is 13.9 Å². The lowest BCUT2D eigenvalue weighted by Gasteiger charge is -2.05. The smallest absolute Gasteiger partial charge is 0.257 e. The molecule has 5 nitrogen and oxygen atoms in total. The Morgan fingerprint density at radius 1 is 1.29 bits per heavy atom. The number of amides is 1. The Kier molecular flexibility index (Phi) is 5.27. The van der Waals surface area contributed by atoms with Crippen LogP contribution < -0.4 is 10.1 Å². The van der Waals surface area contributed by atoms with Crippen LogP contribution in [-0.2, 0) is 11.3 Å². The van der Waals surface area contributed by atoms with Crippen LogP contribution in [0.3, 0.4) is 0 Å². The average Bonchev–Trinajstić information content (AvgIpc) is 3.00. The summed E-state index contributed by atoms with van der Waals surface area (Å²) in [6.07, 6.45) is 0. The zero-order valence-electron chi connectivity index (χ0n) is 12.9. The Hall–Kier alpha value is -2.18. The number of nitrogens with zero attached hydrogens (tertiary/aromatic N) is 1. The molecule has 0 fully saturated rings. The van der Waals surface area contributed by atoms with Gasteiger partial charge in [-0.15, -0.1) is 0 Å². The van der Waals surface area contributed by atoms with E-state index in [1.165, 1.54) is 11.8 Å². The van der Waals surface area contributed by atoms with Gasteiger partial charge in [0.15, 0.2) is 5.58 Å². The highest BCUT2D eigenvalue weighted by Gasteiger charge is 2.09. The molecule has 0 aliphatic heterocycles. The molecule has 0 bridgehead atoms. The van der Waals surface area contributed by atoms with E-state index in [4.69, 9.17) is 20.8 Å². The molecule has 0 aliphatic rings. The summed E-state index contributed by atoms with van der Waals surface area (Å²) in [6.45, 7) is 0.465. The molecule has 1 N–H and O–H groups in total. The molecule has 0 radical (unpaired) electrons. The van der Waals surface area contributed by atoms with Crippen LogP contribution in [0.1, 0.15) is 5.56 Å². The van der Waals surface area contributed by atoms with E-state index in [-0.39, 0.29) is 11.7 Å². The van der Waals surface area contributed by atoms with Crippen LogP contribution in [0, 0.1) is 0 Å². The fourth-order valence-electron chi connectivity index (χ4n) is 2.06. The molecule has 0 saturated heterocycles. The minimum absolute atomic E-state index is 0.0869. The van der Waals surface area contributed by atoms with Gasteiger partial charge >= 0.3 is 0 Å². The molecular formula is C17H15ClN2O3S. The maximum atomic E-state index is 11.9. The number of oxazole rings is 1. The minimum atomic E-state index is -0.0869. The van der Waals surface area contributed by atoms with Crippen molar-refractivity contribution in [2.24, 2.45) is 0 Å². The normalized spacial score (nSPS) is 10.8. The lowest BCUT2D eigenvalue weighted by atomic mass is 10.2. The predicted octanol–water partition coefficient (Wildman–Crippen LogP) is 3.90. The van der Waals surface area contributed by atoms with E-state index in [1.54, 1.807) is 25.3 Å². The van der Waals surface area contributed by atoms with Crippen molar-refractivity contribution in [3.8, 4) is 5.75 Å². The molecule has 3 aromatic rings. The van der Waals surface area contributed by atoms with Crippen LogP contribution in [-0.4, -0.2) is 23.8 Å². The standard InChI is InChI=1S/C17H15ClN2O3S/c1-22-13-5-2-11(3-6-13)9-19-16(21)10-24-17-20-14-8-12(18)4-7-15(14)23-17/h2-8H,9-10H2,1H3,(H,19,21). The SMILES string of the molecule is COc1ccc(CNC(=O)CSc2nc3cc(Cl)ccc3o2)cc1. The van der Waals surface area contributed by atoms with Crippen molar-refractivity contribution in [3.05, 3.63) is 53.1 Å². The second-order valence-electron chi connectivity index (χ2n) is 5.01. The molecule has 24 heavy (non-hydrogen) atoms. The summed E-state index contributed by atoms with van der Waals surface area (Å²) in [4.78, 5) is 16.2. The number of thioether (sulfide) groups is 1. The number of aromatic nitrogens is 1. The Bertz CT molecular complexity index is 849. The van der Waals surface area contributed by atoms with Gasteiger partial charge in [-0.25, -0.2) is 4.98 Å². The number of methoxy groups -OCH3 is 1. The van der Waals surface area contributed by atoms with Gasteiger partial charge in [-0.2, -0.15) is 0 Å². The van der Waals surface area contributed by atoms with Crippen LogP contribution >= 0.6 is 23.4 Å². The monoisotopic (exact) mass is 362 g/mol. The molecule has 1 heterocycles. The third-order valence-corrected chi connectivity index (χ3v) is 4.37. The summed E-state index contributed by atoms with van der Waals surface area (Å²) >= 11 is 7.16. The largest absolute Gasteiger partial charge is 0.497 e. The molecular weight excluding hydrogens is 348 g/mol. The number of carbonyl (C=O) groups is 1. The van der Waals surface area contributed by atoms with Gasteiger partial charge in [-0.05, 0) is 35.9 Å². The Morgan fingerprint density at radius 3 is 2.83 bits per heavy atom. The molecule has 3 rings (SSSR count). The van der Waals surface area contributed by atoms with Crippen molar-refractivity contribution in [3.63, 3.8) is 0 Å². The van der Waals surface area contributed by atoms with E-state index >= 15 is 0 Å². The topological polar surface area (TPSA) is 64.4 Å². The van der Waals surface area contributed by atoms with Gasteiger partial charge < -0.3 is 14.5 Å². The predicted molar refractivity (Wildman–Crippen MR) is 94.6 cm³/mol. The van der Waals surface area contributed by atoms with Gasteiger partial charge in [-0.1, -0.05) is 35.5 Å². The van der Waals surface area contributed by atoms with Gasteiger partial charge in [0.25, 0.3) is 5.22 Å². The van der Waals surface area contributed by atoms with E-state index in [9.17, 15) is 4.79 Å². The molecule has 7 heteroatoms. The number of benzene rings is 2. The first kappa shape index (κ1) is 16.7. The third-order valence-electron chi connectivity index (χ3n) is 3.31. The van der Waals surface area contributed by atoms with Gasteiger partial charge in [0.05, 0.1) is 12.9 Å². The molecule has 1 aromatic heterocycles. The highest BCUT2D eigenvalue weighted by atomic mass is 35.5. The summed E-state index contributed by atoms with van der Waals surface area (Å²) in [6, 6.07) is 12.8. The van der Waals surface area contributed by atoms with E-state index in [1.807, 2.05) is 24.3 Å². The average molecular weight is 363 g/mol. The Balaban J connectivity index is 1.50. The quantitative estimate of drug-likeness (QED) is 0.674. The Labute approximate surface area is 148 Å². The van der Waals surface area contributed by atoms with Crippen molar-refractivity contribution in [1.82, 2.24) is 10.3 Å². The van der Waals surface area contributed by atoms with Crippen LogP contribution in [0.25, 0.3) is 11.1 Å². The number of hydrogen-bond donors (Lipinski definition) is 1. The van der Waals surface area contributed by atoms with Crippen LogP contribution in [0.4, 0.5) is 0 Å². The number of nitrogens with one attached hydrogen (secondary N) is 1. The number of fused-ring (bicyclic) bond motifs is 1. The first-order valence-electron chi connectivity index (χ1n) is 7.22. The number of halogens is 1. The van der Waals surface area contributed by atoms with Gasteiger partial charge in [0.1, 0.15) is 11.3 Å². The number of rotatable bonds is 6. The van der Waals surface area contributed by atoms with E-state index < -0.39 is 0 Å². The van der Waals surface area contributed by atoms with E-state index in [0.717, 1.165) is 11.3 Å². The highest BCUT2D eigenvalue weighted by molar-refractivity contribution is 7.99. The molecule has 0 atom stereocenters. The number of carbonyl (C=O) groups excluding carboxylic acids is 1. The second kappa shape index (κ2) is 7.59. The first-order chi connectivity index (χ1) is 11.6. The maximum Gasteiger partial charge on any atom is 0.257 e. The summed E-state index contributed by atoms with van der Waals surface area (Å²) in [7, 11) is 1.62. The lowest BCUT2D eigenvalue weighted by molar-refractivity contribution is -0.118. The number of hydrogen-bond acceptors (Lipinski definition) is 5. The van der Waals surface area contributed by atoms with E-state index in [0.29, 0.717) is 27.9 Å². The lowest BCUT2D eigenvalue weighted by Crippen LogP contribution is -2.24. The van der Waals surface area contributed by atoms with Gasteiger partial charge in [0.2, 0.25) is 5.91 Å². The zero-order chi connectivity index (χ0) is 16.9. The summed E-state index contributed by atoms with van der Waals surface area (Å²) < 4.78 is 10.7. The van der Waals surface area contributed by atoms with Crippen molar-refractivity contribution in [1.29, 1.82) is 0 Å². The van der Waals surface area contributed by atoms with Gasteiger partial charge in [0, 0.05) is 11.6 Å². The summed E-state index contributed by atoms with van der Waals surface area (Å²) in [5.41, 5.74) is 2.34. The molecule has 124 valence electrons. The molecule has 0 aliphatic carbocycles. The minimum Gasteiger partial charge on any atom is -0.497 e. The highest BCUT2D eigenvalue weighted by Crippen LogP contribution is 2.25. The first-order valence-corrected chi connectivity index (χ1v) is 8.59. The summed E-state index contributed by atoms with van der Waals surface area (Å²) in [5.74, 6) is 0.935. The zero-order valence-corrected chi connectivity index (χ0v) is 14.5. The molecule has 2 aromatic carbocycles. The summed E-state index contributed by atoms with van der Waals surface area (Å²) in [5, 5.41) is 3.91. The number of ether oxygens (including phenoxy) is 1. The second-order valence-corrected chi connectivity index (χ2v) is 6.37. The molecule has 0 unspecified atom stereocenters. The molecule has 0 saturated carbocycles. The van der Waals surface area contributed by atoms with Crippen molar-refractivity contribution >= 4 is 40.4 Å². The van der Waals surface area contributed by atoms with E-state index in [2.05, 4.69) is 10.3 Å². The fourth-order valence-corrected chi connectivity index (χ4v) is 2.90. The third kappa shape index (κ3) is 4.21. The van der Waals surface area contributed by atoms with Gasteiger partial charge in [-0.3, -0.25) is 4.79 Å². The van der Waals surface area contributed by atoms with Crippen LogP contribution in [0.5, 0.6) is 5.75 Å².